The highest BCUT2D eigenvalue weighted by atomic mass is 16.1. The van der Waals surface area contributed by atoms with Gasteiger partial charge in [-0.2, -0.15) is 0 Å². The van der Waals surface area contributed by atoms with Gasteiger partial charge in [-0.15, -0.1) is 13.2 Å². The predicted molar refractivity (Wildman–Crippen MR) is 69.2 cm³/mol. The second-order valence-corrected chi connectivity index (χ2v) is 4.13. The van der Waals surface area contributed by atoms with Crippen molar-refractivity contribution in [3.05, 3.63) is 25.3 Å². The Morgan fingerprint density at radius 1 is 1.38 bits per heavy atom. The van der Waals surface area contributed by atoms with E-state index in [2.05, 4.69) is 25.1 Å². The zero-order chi connectivity index (χ0) is 12.2. The molecule has 0 heterocycles. The van der Waals surface area contributed by atoms with Crippen molar-refractivity contribution in [1.29, 1.82) is 0 Å². The second kappa shape index (κ2) is 10.4. The van der Waals surface area contributed by atoms with Crippen LogP contribution in [0.4, 0.5) is 0 Å². The van der Waals surface area contributed by atoms with Gasteiger partial charge in [0, 0.05) is 0 Å². The van der Waals surface area contributed by atoms with Crippen LogP contribution in [0.5, 0.6) is 0 Å². The number of hydrogen-bond donors (Lipinski definition) is 0. The van der Waals surface area contributed by atoms with Gasteiger partial charge in [0.2, 0.25) is 6.08 Å². The van der Waals surface area contributed by atoms with Crippen LogP contribution in [0.3, 0.4) is 0 Å². The lowest BCUT2D eigenvalue weighted by atomic mass is 9.90. The number of aliphatic imine (C=N–C) groups is 1. The van der Waals surface area contributed by atoms with Crippen LogP contribution in [0.25, 0.3) is 0 Å². The SMILES string of the molecule is C=CCCCC(CC=C)CC(CC)N=C=O. The van der Waals surface area contributed by atoms with E-state index in [4.69, 9.17) is 0 Å². The molecule has 2 heteroatoms. The van der Waals surface area contributed by atoms with Crippen molar-refractivity contribution in [1.82, 2.24) is 0 Å². The summed E-state index contributed by atoms with van der Waals surface area (Å²) in [5, 5.41) is 0. The largest absolute Gasteiger partial charge is 0.235 e. The van der Waals surface area contributed by atoms with Gasteiger partial charge >= 0.3 is 0 Å². The molecule has 0 radical (unpaired) electrons. The average molecular weight is 221 g/mol. The Balaban J connectivity index is 4.11. The molecule has 2 atom stereocenters. The molecule has 0 bridgehead atoms. The lowest BCUT2D eigenvalue weighted by molar-refractivity contribution is 0.396. The number of isocyanates is 1. The number of allylic oxidation sites excluding steroid dienone is 2. The number of nitrogens with zero attached hydrogens (tertiary/aromatic N) is 1. The smallest absolute Gasteiger partial charge is 0.211 e. The Hall–Kier alpha value is -1.14. The van der Waals surface area contributed by atoms with E-state index in [9.17, 15) is 4.79 Å². The highest BCUT2D eigenvalue weighted by Crippen LogP contribution is 2.21. The van der Waals surface area contributed by atoms with Crippen LogP contribution in [0.1, 0.15) is 45.4 Å². The zero-order valence-electron chi connectivity index (χ0n) is 10.3. The van der Waals surface area contributed by atoms with E-state index < -0.39 is 0 Å². The van der Waals surface area contributed by atoms with E-state index in [0.717, 1.165) is 38.5 Å². The van der Waals surface area contributed by atoms with E-state index in [0.29, 0.717) is 5.92 Å². The third-order valence-corrected chi connectivity index (χ3v) is 2.83. The van der Waals surface area contributed by atoms with Crippen molar-refractivity contribution < 1.29 is 4.79 Å². The monoisotopic (exact) mass is 221 g/mol. The number of rotatable bonds is 10. The summed E-state index contributed by atoms with van der Waals surface area (Å²) in [4.78, 5) is 14.1. The van der Waals surface area contributed by atoms with Crippen molar-refractivity contribution in [2.24, 2.45) is 10.9 Å². The minimum Gasteiger partial charge on any atom is -0.211 e. The summed E-state index contributed by atoms with van der Waals surface area (Å²) >= 11 is 0. The van der Waals surface area contributed by atoms with Crippen molar-refractivity contribution in [3.8, 4) is 0 Å². The molecule has 0 aliphatic rings. The maximum atomic E-state index is 10.2. The van der Waals surface area contributed by atoms with Gasteiger partial charge in [0.1, 0.15) is 0 Å². The molecular weight excluding hydrogens is 198 g/mol. The molecule has 2 nitrogen and oxygen atoms in total. The summed E-state index contributed by atoms with van der Waals surface area (Å²) in [5.41, 5.74) is 0. The third-order valence-electron chi connectivity index (χ3n) is 2.83. The first-order valence-corrected chi connectivity index (χ1v) is 6.07. The molecular formula is C14H23NO. The lowest BCUT2D eigenvalue weighted by Gasteiger charge is -2.17. The summed E-state index contributed by atoms with van der Waals surface area (Å²) in [6, 6.07) is 0.131. The first kappa shape index (κ1) is 14.9. The van der Waals surface area contributed by atoms with Crippen molar-refractivity contribution in [2.75, 3.05) is 0 Å². The summed E-state index contributed by atoms with van der Waals surface area (Å²) in [7, 11) is 0. The third kappa shape index (κ3) is 7.19. The number of unbranched alkanes of at least 4 members (excludes halogenated alkanes) is 1. The van der Waals surface area contributed by atoms with Crippen LogP contribution in [0.2, 0.25) is 0 Å². The van der Waals surface area contributed by atoms with E-state index in [1.807, 2.05) is 12.2 Å². The maximum absolute atomic E-state index is 10.2. The Morgan fingerprint density at radius 2 is 2.12 bits per heavy atom. The van der Waals surface area contributed by atoms with E-state index in [-0.39, 0.29) is 6.04 Å². The first-order valence-electron chi connectivity index (χ1n) is 6.07. The molecule has 0 spiro atoms. The fraction of sp³-hybridized carbons (Fsp3) is 0.643. The van der Waals surface area contributed by atoms with Crippen LogP contribution in [0, 0.1) is 5.92 Å². The van der Waals surface area contributed by atoms with E-state index in [1.54, 1.807) is 6.08 Å². The number of hydrogen-bond acceptors (Lipinski definition) is 2. The molecule has 0 saturated carbocycles. The highest BCUT2D eigenvalue weighted by molar-refractivity contribution is 5.33. The summed E-state index contributed by atoms with van der Waals surface area (Å²) in [6.45, 7) is 9.56. The van der Waals surface area contributed by atoms with Gasteiger partial charge < -0.3 is 0 Å². The minimum atomic E-state index is 0.131. The highest BCUT2D eigenvalue weighted by Gasteiger charge is 2.13. The quantitative estimate of drug-likeness (QED) is 0.237. The van der Waals surface area contributed by atoms with Crippen LogP contribution in [-0.4, -0.2) is 12.1 Å². The molecule has 0 aromatic rings. The van der Waals surface area contributed by atoms with Crippen molar-refractivity contribution in [2.45, 2.75) is 51.5 Å². The number of carbonyl (C=O) groups excluding carboxylic acids is 1. The van der Waals surface area contributed by atoms with Crippen molar-refractivity contribution >= 4 is 6.08 Å². The van der Waals surface area contributed by atoms with Crippen LogP contribution in [0.15, 0.2) is 30.3 Å². The summed E-state index contributed by atoms with van der Waals surface area (Å²) < 4.78 is 0. The normalized spacial score (nSPS) is 13.6. The lowest BCUT2D eigenvalue weighted by Crippen LogP contribution is -2.11. The zero-order valence-corrected chi connectivity index (χ0v) is 10.3. The van der Waals surface area contributed by atoms with Crippen LogP contribution < -0.4 is 0 Å². The van der Waals surface area contributed by atoms with Gasteiger partial charge in [0.25, 0.3) is 0 Å². The van der Waals surface area contributed by atoms with Gasteiger partial charge in [-0.3, -0.25) is 0 Å². The Morgan fingerprint density at radius 3 is 2.62 bits per heavy atom. The van der Waals surface area contributed by atoms with Crippen molar-refractivity contribution in [3.63, 3.8) is 0 Å². The minimum absolute atomic E-state index is 0.131. The molecule has 0 rings (SSSR count). The van der Waals surface area contributed by atoms with Crippen LogP contribution >= 0.6 is 0 Å². The fourth-order valence-corrected chi connectivity index (χ4v) is 1.89. The predicted octanol–water partition coefficient (Wildman–Crippen LogP) is 4.04. The van der Waals surface area contributed by atoms with Gasteiger partial charge in [-0.25, -0.2) is 9.79 Å². The van der Waals surface area contributed by atoms with E-state index in [1.165, 1.54) is 0 Å². The standard InChI is InChI=1S/C14H23NO/c1-4-7-8-10-13(9-5-2)11-14(6-3)15-12-16/h4-5,13-14H,1-2,6-11H2,3H3. The molecule has 0 aromatic carbocycles. The molecule has 90 valence electrons. The van der Waals surface area contributed by atoms with E-state index >= 15 is 0 Å². The molecule has 0 aliphatic carbocycles. The van der Waals surface area contributed by atoms with Gasteiger partial charge in [0.05, 0.1) is 6.04 Å². The van der Waals surface area contributed by atoms with Gasteiger partial charge in [0.15, 0.2) is 0 Å². The van der Waals surface area contributed by atoms with Gasteiger partial charge in [-0.05, 0) is 44.4 Å². The fourth-order valence-electron chi connectivity index (χ4n) is 1.89. The maximum Gasteiger partial charge on any atom is 0.235 e. The molecule has 0 saturated heterocycles. The topological polar surface area (TPSA) is 29.4 Å². The van der Waals surface area contributed by atoms with Crippen LogP contribution in [-0.2, 0) is 4.79 Å². The summed E-state index contributed by atoms with van der Waals surface area (Å²) in [6.07, 6.45) is 11.8. The first-order chi connectivity index (χ1) is 7.78. The molecule has 0 aromatic heterocycles. The van der Waals surface area contributed by atoms with Gasteiger partial charge in [-0.1, -0.05) is 19.1 Å². The molecule has 0 fully saturated rings. The average Bonchev–Trinajstić information content (AvgIpc) is 2.29. The summed E-state index contributed by atoms with van der Waals surface area (Å²) in [5.74, 6) is 0.583. The molecule has 2 unspecified atom stereocenters. The molecule has 0 aliphatic heterocycles. The molecule has 0 N–H and O–H groups in total. The second-order valence-electron chi connectivity index (χ2n) is 4.13. The Kier molecular flexibility index (Phi) is 9.64. The molecule has 0 amide bonds. The molecule has 16 heavy (non-hydrogen) atoms. The Bertz CT molecular complexity index is 241. The Labute approximate surface area is 99.2 Å².